The van der Waals surface area contributed by atoms with Crippen molar-refractivity contribution in [3.8, 4) is 5.75 Å². The molecule has 37 heavy (non-hydrogen) atoms. The zero-order chi connectivity index (χ0) is 25.5. The van der Waals surface area contributed by atoms with E-state index in [0.29, 0.717) is 33.4 Å². The first-order chi connectivity index (χ1) is 17.8. The number of hydrogen-bond acceptors (Lipinski definition) is 8. The number of anilines is 4. The van der Waals surface area contributed by atoms with Gasteiger partial charge in [0, 0.05) is 37.6 Å². The lowest BCUT2D eigenvalue weighted by Gasteiger charge is -2.46. The van der Waals surface area contributed by atoms with Gasteiger partial charge in [0.15, 0.2) is 12.4 Å². The number of pyridine rings is 1. The van der Waals surface area contributed by atoms with Crippen LogP contribution >= 0.6 is 11.6 Å². The van der Waals surface area contributed by atoms with Crippen molar-refractivity contribution >= 4 is 45.6 Å². The highest BCUT2D eigenvalue weighted by atomic mass is 35.5. The Morgan fingerprint density at radius 2 is 2.00 bits per heavy atom. The van der Waals surface area contributed by atoms with E-state index < -0.39 is 24.1 Å². The zero-order valence-corrected chi connectivity index (χ0v) is 20.8. The van der Waals surface area contributed by atoms with Crippen LogP contribution in [0, 0.1) is 5.92 Å². The highest BCUT2D eigenvalue weighted by Gasteiger charge is 2.51. The molecule has 1 aliphatic carbocycles. The van der Waals surface area contributed by atoms with E-state index in [1.165, 1.54) is 4.57 Å². The molecule has 6 heterocycles. The molecule has 2 unspecified atom stereocenters. The molecule has 1 aromatic carbocycles. The van der Waals surface area contributed by atoms with Crippen LogP contribution in [0.5, 0.6) is 5.75 Å². The normalized spacial score (nSPS) is 25.9. The number of fused-ring (bicyclic) bond motifs is 5. The van der Waals surface area contributed by atoms with Gasteiger partial charge in [0.1, 0.15) is 5.02 Å². The third kappa shape index (κ3) is 3.86. The number of piperidine rings is 1. The number of nitrogens with one attached hydrogen (secondary N) is 2. The molecule has 194 valence electrons. The number of halogens is 3. The van der Waals surface area contributed by atoms with Gasteiger partial charge in [0.25, 0.3) is 5.56 Å². The summed E-state index contributed by atoms with van der Waals surface area (Å²) >= 11 is 6.42. The van der Waals surface area contributed by atoms with E-state index in [4.69, 9.17) is 21.1 Å². The molecule has 0 radical (unpaired) electrons. The first-order valence-electron chi connectivity index (χ1n) is 12.4. The van der Waals surface area contributed by atoms with Gasteiger partial charge in [-0.1, -0.05) is 11.6 Å². The number of benzene rings is 1. The summed E-state index contributed by atoms with van der Waals surface area (Å²) in [4.78, 5) is 24.1. The van der Waals surface area contributed by atoms with Crippen LogP contribution in [0.25, 0.3) is 10.9 Å². The number of nitrogens with zero attached hydrogens (tertiary/aromatic N) is 4. The minimum Gasteiger partial charge on any atom is -0.480 e. The highest BCUT2D eigenvalue weighted by Crippen LogP contribution is 2.45. The van der Waals surface area contributed by atoms with Gasteiger partial charge in [0.2, 0.25) is 11.7 Å². The van der Waals surface area contributed by atoms with Crippen molar-refractivity contribution in [3.63, 3.8) is 0 Å². The van der Waals surface area contributed by atoms with Gasteiger partial charge in [-0.2, -0.15) is 4.98 Å². The highest BCUT2D eigenvalue weighted by molar-refractivity contribution is 6.33. The van der Waals surface area contributed by atoms with Crippen LogP contribution < -0.4 is 25.8 Å². The Labute approximate surface area is 215 Å². The Morgan fingerprint density at radius 1 is 1.24 bits per heavy atom. The number of alkyl halides is 2. The summed E-state index contributed by atoms with van der Waals surface area (Å²) < 4.78 is 42.3. The molecule has 5 aliphatic rings. The Kier molecular flexibility index (Phi) is 5.07. The van der Waals surface area contributed by atoms with E-state index in [1.807, 2.05) is 0 Å². The third-order valence-corrected chi connectivity index (χ3v) is 7.92. The van der Waals surface area contributed by atoms with Gasteiger partial charge in [-0.25, -0.2) is 13.8 Å². The number of hydrogen-bond donors (Lipinski definition) is 2. The predicted molar refractivity (Wildman–Crippen MR) is 136 cm³/mol. The van der Waals surface area contributed by atoms with Crippen LogP contribution in [0.1, 0.15) is 19.3 Å². The molecule has 4 aliphatic heterocycles. The van der Waals surface area contributed by atoms with E-state index in [0.717, 1.165) is 32.4 Å². The van der Waals surface area contributed by atoms with Gasteiger partial charge >= 0.3 is 5.92 Å². The molecule has 2 bridgehead atoms. The average Bonchev–Trinajstić information content (AvgIpc) is 3.71. The van der Waals surface area contributed by atoms with Crippen LogP contribution in [0.2, 0.25) is 5.02 Å². The molecule has 12 heteroatoms. The zero-order valence-electron chi connectivity index (χ0n) is 20.0. The second kappa shape index (κ2) is 8.16. The van der Waals surface area contributed by atoms with Crippen molar-refractivity contribution in [2.24, 2.45) is 13.0 Å². The summed E-state index contributed by atoms with van der Waals surface area (Å²) in [5.74, 6) is -2.36. The first kappa shape index (κ1) is 23.0. The maximum absolute atomic E-state index is 14.9. The minimum atomic E-state index is -3.10. The molecule has 3 atom stereocenters. The molecule has 3 aromatic rings. The summed E-state index contributed by atoms with van der Waals surface area (Å²) in [5.41, 5.74) is 1.05. The van der Waals surface area contributed by atoms with Crippen molar-refractivity contribution in [3.05, 3.63) is 39.8 Å². The Hall–Kier alpha value is -3.18. The minimum absolute atomic E-state index is 0.0942. The standard InChI is InChI=1S/C25H25ClF2N6O3/c1-33-18-5-4-13(30-22-17(26)8-29-24(32-22)34-9-14-7-15(10-34)37-14)6-16(18)19-20(23(33)35)36-11-25(27,28)21(31-19)12-2-3-12/h4-6,8,12,14-15,21,31H,2-3,7,9-11H2,1H3,(H,29,30,32)/t14?,15?,21-/m0/s1. The molecular formula is C25H25ClF2N6O3. The monoisotopic (exact) mass is 530 g/mol. The van der Waals surface area contributed by atoms with Gasteiger partial charge in [0.05, 0.1) is 35.7 Å². The van der Waals surface area contributed by atoms with Gasteiger partial charge in [-0.15, -0.1) is 0 Å². The average molecular weight is 531 g/mol. The van der Waals surface area contributed by atoms with Gasteiger partial charge < -0.3 is 29.6 Å². The lowest BCUT2D eigenvalue weighted by Crippen LogP contribution is -2.57. The lowest BCUT2D eigenvalue weighted by molar-refractivity contribution is -0.133. The second-order valence-corrected chi connectivity index (χ2v) is 10.7. The fourth-order valence-corrected chi connectivity index (χ4v) is 5.68. The van der Waals surface area contributed by atoms with E-state index in [2.05, 4.69) is 25.5 Å². The third-order valence-electron chi connectivity index (χ3n) is 7.65. The molecular weight excluding hydrogens is 506 g/mol. The van der Waals surface area contributed by atoms with Crippen LogP contribution in [0.15, 0.2) is 29.2 Å². The quantitative estimate of drug-likeness (QED) is 0.524. The summed E-state index contributed by atoms with van der Waals surface area (Å²) in [7, 11) is 1.60. The molecule has 9 nitrogen and oxygen atoms in total. The summed E-state index contributed by atoms with van der Waals surface area (Å²) in [6, 6.07) is 4.25. The maximum atomic E-state index is 14.9. The topological polar surface area (TPSA) is 93.5 Å². The maximum Gasteiger partial charge on any atom is 0.301 e. The van der Waals surface area contributed by atoms with Crippen LogP contribution in [-0.4, -0.2) is 58.4 Å². The van der Waals surface area contributed by atoms with E-state index in [-0.39, 0.29) is 29.6 Å². The largest absolute Gasteiger partial charge is 0.480 e. The van der Waals surface area contributed by atoms with E-state index in [1.54, 1.807) is 31.4 Å². The molecule has 0 spiro atoms. The molecule has 3 saturated heterocycles. The number of aromatic nitrogens is 3. The molecule has 2 aromatic heterocycles. The van der Waals surface area contributed by atoms with E-state index in [9.17, 15) is 13.6 Å². The first-order valence-corrected chi connectivity index (χ1v) is 12.8. The van der Waals surface area contributed by atoms with Crippen molar-refractivity contribution < 1.29 is 18.3 Å². The molecule has 8 rings (SSSR count). The van der Waals surface area contributed by atoms with E-state index >= 15 is 0 Å². The van der Waals surface area contributed by atoms with Gasteiger partial charge in [-0.05, 0) is 37.0 Å². The van der Waals surface area contributed by atoms with Crippen molar-refractivity contribution in [1.29, 1.82) is 0 Å². The molecule has 2 N–H and O–H groups in total. The van der Waals surface area contributed by atoms with Crippen LogP contribution in [-0.2, 0) is 11.8 Å². The Balaban J connectivity index is 1.27. The van der Waals surface area contributed by atoms with Crippen LogP contribution in [0.3, 0.4) is 0 Å². The van der Waals surface area contributed by atoms with Gasteiger partial charge in [-0.3, -0.25) is 4.79 Å². The number of morpholine rings is 1. The lowest BCUT2D eigenvalue weighted by atomic mass is 9.99. The predicted octanol–water partition coefficient (Wildman–Crippen LogP) is 3.92. The summed E-state index contributed by atoms with van der Waals surface area (Å²) in [6.45, 7) is 0.619. The van der Waals surface area contributed by atoms with Crippen LogP contribution in [0.4, 0.5) is 31.9 Å². The number of aryl methyl sites for hydroxylation is 1. The smallest absolute Gasteiger partial charge is 0.301 e. The van der Waals surface area contributed by atoms with Crippen molar-refractivity contribution in [2.75, 3.05) is 35.2 Å². The van der Waals surface area contributed by atoms with Crippen molar-refractivity contribution in [1.82, 2.24) is 14.5 Å². The Bertz CT molecular complexity index is 1460. The molecule has 1 saturated carbocycles. The number of rotatable bonds is 4. The molecule has 0 amide bonds. The fraction of sp³-hybridized carbons (Fsp3) is 0.480. The fourth-order valence-electron chi connectivity index (χ4n) is 5.54. The SMILES string of the molecule is Cn1c(=O)c2c(c3cc(Nc4nc(N5CC6CC(C5)O6)ncc4Cl)ccc31)N[C@@H](C1CC1)C(F)(F)CO2. The summed E-state index contributed by atoms with van der Waals surface area (Å²) in [5, 5.41) is 7.17. The number of ether oxygens (including phenoxy) is 2. The Morgan fingerprint density at radius 3 is 2.73 bits per heavy atom. The summed E-state index contributed by atoms with van der Waals surface area (Å²) in [6.07, 6.45) is 4.47. The second-order valence-electron chi connectivity index (χ2n) is 10.3. The molecule has 4 fully saturated rings. The van der Waals surface area contributed by atoms with Crippen molar-refractivity contribution in [2.45, 2.75) is 43.4 Å².